The smallest absolute Gasteiger partial charge is 0.230 e. The Morgan fingerprint density at radius 1 is 1.43 bits per heavy atom. The van der Waals surface area contributed by atoms with Crippen LogP contribution in [0, 0.1) is 11.7 Å². The fraction of sp³-hybridized carbons (Fsp3) is 0.474. The summed E-state index contributed by atoms with van der Waals surface area (Å²) in [6, 6.07) is 6.38. The maximum absolute atomic E-state index is 13.3. The van der Waals surface area contributed by atoms with Gasteiger partial charge < -0.3 is 5.32 Å². The number of amides is 1. The lowest BCUT2D eigenvalue weighted by Crippen LogP contribution is -2.44. The number of piperidine rings is 1. The minimum absolute atomic E-state index is 0.108. The quantitative estimate of drug-likeness (QED) is 0.738. The highest BCUT2D eigenvalue weighted by atomic mass is 32.2. The highest BCUT2D eigenvalue weighted by Gasteiger charge is 2.32. The van der Waals surface area contributed by atoms with Crippen LogP contribution in [0.3, 0.4) is 0 Å². The Hall–Kier alpha value is -1.84. The van der Waals surface area contributed by atoms with Gasteiger partial charge in [-0.3, -0.25) is 4.79 Å². The van der Waals surface area contributed by atoms with E-state index in [0.717, 1.165) is 10.4 Å². The Morgan fingerprint density at radius 3 is 3.00 bits per heavy atom. The number of hydrogen-bond acceptors (Lipinski definition) is 5. The van der Waals surface area contributed by atoms with Crippen molar-refractivity contribution in [3.8, 4) is 0 Å². The van der Waals surface area contributed by atoms with Gasteiger partial charge in [-0.05, 0) is 37.0 Å². The van der Waals surface area contributed by atoms with Gasteiger partial charge in [-0.2, -0.15) is 0 Å². The summed E-state index contributed by atoms with van der Waals surface area (Å²) in [4.78, 5) is 17.7. The SMILES string of the molecule is CCCS(=O)(=O)N1CCC[C@@H](C(=O)Nc2ncc(Cc3cccc(F)c3)s2)C1. The Morgan fingerprint density at radius 2 is 2.25 bits per heavy atom. The number of thiazole rings is 1. The van der Waals surface area contributed by atoms with Crippen molar-refractivity contribution in [3.05, 3.63) is 46.7 Å². The van der Waals surface area contributed by atoms with Crippen LogP contribution in [0.25, 0.3) is 0 Å². The van der Waals surface area contributed by atoms with E-state index in [2.05, 4.69) is 10.3 Å². The van der Waals surface area contributed by atoms with Crippen molar-refractivity contribution in [1.82, 2.24) is 9.29 Å². The maximum atomic E-state index is 13.3. The first-order valence-corrected chi connectivity index (χ1v) is 11.8. The molecule has 2 aromatic rings. The van der Waals surface area contributed by atoms with Gasteiger partial charge >= 0.3 is 0 Å². The van der Waals surface area contributed by atoms with Crippen LogP contribution in [-0.2, 0) is 21.2 Å². The molecule has 0 unspecified atom stereocenters. The molecule has 28 heavy (non-hydrogen) atoms. The maximum Gasteiger partial charge on any atom is 0.230 e. The molecule has 1 aliphatic rings. The van der Waals surface area contributed by atoms with E-state index in [-0.39, 0.29) is 29.9 Å². The lowest BCUT2D eigenvalue weighted by atomic mass is 9.99. The second-order valence-electron chi connectivity index (χ2n) is 6.94. The summed E-state index contributed by atoms with van der Waals surface area (Å²) in [6.07, 6.45) is 4.10. The largest absolute Gasteiger partial charge is 0.302 e. The van der Waals surface area contributed by atoms with Gasteiger partial charge in [0.2, 0.25) is 15.9 Å². The molecule has 3 rings (SSSR count). The number of aromatic nitrogens is 1. The van der Waals surface area contributed by atoms with Crippen molar-refractivity contribution >= 4 is 32.4 Å². The molecule has 2 heterocycles. The molecular formula is C19H24FN3O3S2. The summed E-state index contributed by atoms with van der Waals surface area (Å²) in [5, 5.41) is 3.28. The van der Waals surface area contributed by atoms with E-state index in [0.29, 0.717) is 37.4 Å². The van der Waals surface area contributed by atoms with Crippen LogP contribution < -0.4 is 5.32 Å². The number of nitrogens with zero attached hydrogens (tertiary/aromatic N) is 2. The zero-order valence-electron chi connectivity index (χ0n) is 15.7. The minimum atomic E-state index is -3.30. The first-order chi connectivity index (χ1) is 13.4. The second-order valence-corrected chi connectivity index (χ2v) is 10.1. The van der Waals surface area contributed by atoms with E-state index in [1.165, 1.54) is 27.8 Å². The highest BCUT2D eigenvalue weighted by Crippen LogP contribution is 2.25. The van der Waals surface area contributed by atoms with E-state index in [9.17, 15) is 17.6 Å². The van der Waals surface area contributed by atoms with Crippen molar-refractivity contribution in [1.29, 1.82) is 0 Å². The van der Waals surface area contributed by atoms with Crippen molar-refractivity contribution in [2.75, 3.05) is 24.2 Å². The molecule has 0 radical (unpaired) electrons. The number of anilines is 1. The lowest BCUT2D eigenvalue weighted by molar-refractivity contribution is -0.120. The van der Waals surface area contributed by atoms with Crippen LogP contribution in [0.1, 0.15) is 36.6 Å². The predicted octanol–water partition coefficient (Wildman–Crippen LogP) is 3.26. The zero-order chi connectivity index (χ0) is 20.1. The van der Waals surface area contributed by atoms with E-state index in [4.69, 9.17) is 0 Å². The van der Waals surface area contributed by atoms with Crippen LogP contribution in [0.15, 0.2) is 30.5 Å². The standard InChI is InChI=1S/C19H24FN3O3S2/c1-2-9-28(25,26)23-8-4-6-15(13-23)18(24)22-19-21-12-17(27-19)11-14-5-3-7-16(20)10-14/h3,5,7,10,12,15H,2,4,6,8-9,11,13H2,1H3,(H,21,22,24)/t15-/m1/s1. The third kappa shape index (κ3) is 5.36. The topological polar surface area (TPSA) is 79.4 Å². The third-order valence-corrected chi connectivity index (χ3v) is 7.62. The van der Waals surface area contributed by atoms with Gasteiger partial charge in [0.05, 0.1) is 11.7 Å². The van der Waals surface area contributed by atoms with Crippen molar-refractivity contribution in [3.63, 3.8) is 0 Å². The Balaban J connectivity index is 1.59. The van der Waals surface area contributed by atoms with Gasteiger partial charge in [-0.25, -0.2) is 22.1 Å². The van der Waals surface area contributed by atoms with E-state index >= 15 is 0 Å². The monoisotopic (exact) mass is 425 g/mol. The van der Waals surface area contributed by atoms with Crippen molar-refractivity contribution in [2.45, 2.75) is 32.6 Å². The van der Waals surface area contributed by atoms with Gasteiger partial charge in [0.1, 0.15) is 5.82 Å². The number of hydrogen-bond donors (Lipinski definition) is 1. The lowest BCUT2D eigenvalue weighted by Gasteiger charge is -2.30. The molecule has 0 saturated carbocycles. The average Bonchev–Trinajstić information content (AvgIpc) is 3.08. The van der Waals surface area contributed by atoms with E-state index in [1.54, 1.807) is 12.3 Å². The Bertz CT molecular complexity index is 930. The number of carbonyl (C=O) groups excluding carboxylic acids is 1. The van der Waals surface area contributed by atoms with Crippen LogP contribution in [-0.4, -0.2) is 42.5 Å². The summed E-state index contributed by atoms with van der Waals surface area (Å²) in [5.74, 6) is -0.758. The van der Waals surface area contributed by atoms with Crippen LogP contribution in [0.5, 0.6) is 0 Å². The molecule has 6 nitrogen and oxygen atoms in total. The molecule has 1 N–H and O–H groups in total. The molecule has 1 atom stereocenters. The molecule has 1 saturated heterocycles. The van der Waals surface area contributed by atoms with E-state index < -0.39 is 10.0 Å². The third-order valence-electron chi connectivity index (χ3n) is 4.66. The fourth-order valence-electron chi connectivity index (χ4n) is 3.30. The molecule has 0 bridgehead atoms. The zero-order valence-corrected chi connectivity index (χ0v) is 17.4. The molecule has 1 aromatic heterocycles. The average molecular weight is 426 g/mol. The molecule has 0 spiro atoms. The first-order valence-electron chi connectivity index (χ1n) is 9.35. The normalized spacial score (nSPS) is 18.1. The summed E-state index contributed by atoms with van der Waals surface area (Å²) in [6.45, 7) is 2.52. The molecular weight excluding hydrogens is 401 g/mol. The molecule has 1 aliphatic heterocycles. The van der Waals surface area contributed by atoms with Gasteiger partial charge in [0.25, 0.3) is 0 Å². The molecule has 152 valence electrons. The summed E-state index contributed by atoms with van der Waals surface area (Å²) < 4.78 is 39.3. The van der Waals surface area contributed by atoms with Gasteiger partial charge in [0, 0.05) is 30.6 Å². The van der Waals surface area contributed by atoms with Crippen LogP contribution in [0.2, 0.25) is 0 Å². The summed E-state index contributed by atoms with van der Waals surface area (Å²) in [5.41, 5.74) is 0.838. The predicted molar refractivity (Wildman–Crippen MR) is 108 cm³/mol. The number of halogens is 1. The number of rotatable bonds is 7. The molecule has 9 heteroatoms. The highest BCUT2D eigenvalue weighted by molar-refractivity contribution is 7.89. The van der Waals surface area contributed by atoms with Crippen molar-refractivity contribution < 1.29 is 17.6 Å². The van der Waals surface area contributed by atoms with E-state index in [1.807, 2.05) is 13.0 Å². The van der Waals surface area contributed by atoms with Gasteiger partial charge in [-0.15, -0.1) is 11.3 Å². The fourth-order valence-corrected chi connectivity index (χ4v) is 5.74. The minimum Gasteiger partial charge on any atom is -0.302 e. The number of benzene rings is 1. The number of carbonyl (C=O) groups is 1. The second kappa shape index (κ2) is 9.11. The molecule has 1 fully saturated rings. The van der Waals surface area contributed by atoms with Gasteiger partial charge in [0.15, 0.2) is 5.13 Å². The number of sulfonamides is 1. The number of nitrogens with one attached hydrogen (secondary N) is 1. The van der Waals surface area contributed by atoms with Crippen molar-refractivity contribution in [2.24, 2.45) is 5.92 Å². The molecule has 1 aromatic carbocycles. The molecule has 1 amide bonds. The first kappa shape index (κ1) is 20.9. The summed E-state index contributed by atoms with van der Waals surface area (Å²) in [7, 11) is -3.30. The summed E-state index contributed by atoms with van der Waals surface area (Å²) >= 11 is 1.34. The van der Waals surface area contributed by atoms with Crippen LogP contribution >= 0.6 is 11.3 Å². The Kier molecular flexibility index (Phi) is 6.79. The Labute approximate surface area is 168 Å². The molecule has 0 aliphatic carbocycles. The van der Waals surface area contributed by atoms with Crippen LogP contribution in [0.4, 0.5) is 9.52 Å². The van der Waals surface area contributed by atoms with Gasteiger partial charge in [-0.1, -0.05) is 19.1 Å².